The number of hydrogen-bond donors (Lipinski definition) is 2. The van der Waals surface area contributed by atoms with Crippen LogP contribution in [0.1, 0.15) is 25.5 Å². The molecular formula is C13H14F4N4. The SMILES string of the molecule is CC(C)c1nn(C)c(Nc2c(F)c(F)cc(F)c2F)c1N. The first-order valence-corrected chi connectivity index (χ1v) is 6.16. The molecule has 0 fully saturated rings. The van der Waals surface area contributed by atoms with E-state index in [0.29, 0.717) is 5.69 Å². The molecule has 2 aromatic rings. The molecule has 8 heteroatoms. The molecule has 0 radical (unpaired) electrons. The number of rotatable bonds is 3. The Hall–Kier alpha value is -2.25. The van der Waals surface area contributed by atoms with Crippen molar-refractivity contribution in [3.63, 3.8) is 0 Å². The molecule has 0 bridgehead atoms. The smallest absolute Gasteiger partial charge is 0.185 e. The lowest BCUT2D eigenvalue weighted by Crippen LogP contribution is -2.07. The molecule has 1 aromatic heterocycles. The zero-order chi connectivity index (χ0) is 15.9. The van der Waals surface area contributed by atoms with E-state index < -0.39 is 29.0 Å². The summed E-state index contributed by atoms with van der Waals surface area (Å²) in [7, 11) is 1.50. The van der Waals surface area contributed by atoms with E-state index in [-0.39, 0.29) is 23.5 Å². The Morgan fingerprint density at radius 3 is 2.10 bits per heavy atom. The number of nitrogens with zero attached hydrogens (tertiary/aromatic N) is 2. The van der Waals surface area contributed by atoms with Crippen LogP contribution in [-0.4, -0.2) is 9.78 Å². The van der Waals surface area contributed by atoms with Crippen molar-refractivity contribution in [2.75, 3.05) is 11.1 Å². The average Bonchev–Trinajstić information content (AvgIpc) is 2.68. The zero-order valence-corrected chi connectivity index (χ0v) is 11.6. The van der Waals surface area contributed by atoms with Crippen molar-refractivity contribution in [1.29, 1.82) is 0 Å². The Bertz CT molecular complexity index is 668. The predicted molar refractivity (Wildman–Crippen MR) is 71.3 cm³/mol. The maximum Gasteiger partial charge on any atom is 0.185 e. The fourth-order valence-corrected chi connectivity index (χ4v) is 1.94. The normalized spacial score (nSPS) is 11.2. The molecule has 0 amide bonds. The Morgan fingerprint density at radius 2 is 1.67 bits per heavy atom. The van der Waals surface area contributed by atoms with Crippen LogP contribution in [0.15, 0.2) is 6.07 Å². The van der Waals surface area contributed by atoms with Crippen molar-refractivity contribution in [2.24, 2.45) is 7.05 Å². The van der Waals surface area contributed by atoms with Crippen LogP contribution in [0.4, 0.5) is 34.8 Å². The van der Waals surface area contributed by atoms with Gasteiger partial charge in [-0.25, -0.2) is 17.6 Å². The van der Waals surface area contributed by atoms with Crippen LogP contribution in [0.2, 0.25) is 0 Å². The van der Waals surface area contributed by atoms with E-state index in [4.69, 9.17) is 5.73 Å². The summed E-state index contributed by atoms with van der Waals surface area (Å²) in [6.45, 7) is 3.68. The van der Waals surface area contributed by atoms with E-state index in [1.54, 1.807) is 0 Å². The van der Waals surface area contributed by atoms with Gasteiger partial charge in [0.25, 0.3) is 0 Å². The Kier molecular flexibility index (Phi) is 3.80. The maximum absolute atomic E-state index is 13.6. The molecule has 1 heterocycles. The van der Waals surface area contributed by atoms with Crippen molar-refractivity contribution >= 4 is 17.2 Å². The van der Waals surface area contributed by atoms with Crippen LogP contribution in [0.25, 0.3) is 0 Å². The molecule has 21 heavy (non-hydrogen) atoms. The summed E-state index contributed by atoms with van der Waals surface area (Å²) in [6.07, 6.45) is 0. The second-order valence-corrected chi connectivity index (χ2v) is 4.89. The van der Waals surface area contributed by atoms with Crippen molar-refractivity contribution in [3.8, 4) is 0 Å². The van der Waals surface area contributed by atoms with Gasteiger partial charge in [0.05, 0.1) is 11.4 Å². The number of aryl methyl sites for hydroxylation is 1. The third kappa shape index (κ3) is 2.53. The lowest BCUT2D eigenvalue weighted by molar-refractivity contribution is 0.459. The van der Waals surface area contributed by atoms with Gasteiger partial charge >= 0.3 is 0 Å². The fraction of sp³-hybridized carbons (Fsp3) is 0.308. The second kappa shape index (κ2) is 5.27. The summed E-state index contributed by atoms with van der Waals surface area (Å²) in [6, 6.07) is 0.141. The van der Waals surface area contributed by atoms with Crippen molar-refractivity contribution in [2.45, 2.75) is 19.8 Å². The van der Waals surface area contributed by atoms with Crippen molar-refractivity contribution in [1.82, 2.24) is 9.78 Å². The molecule has 0 aliphatic rings. The molecule has 0 saturated carbocycles. The molecular weight excluding hydrogens is 288 g/mol. The Morgan fingerprint density at radius 1 is 1.14 bits per heavy atom. The van der Waals surface area contributed by atoms with E-state index in [1.165, 1.54) is 11.7 Å². The molecule has 0 unspecified atom stereocenters. The number of nitrogens with one attached hydrogen (secondary N) is 1. The summed E-state index contributed by atoms with van der Waals surface area (Å²) in [4.78, 5) is 0. The highest BCUT2D eigenvalue weighted by Crippen LogP contribution is 2.33. The van der Waals surface area contributed by atoms with E-state index in [1.807, 2.05) is 13.8 Å². The summed E-state index contributed by atoms with van der Waals surface area (Å²) in [5.74, 6) is -6.02. The summed E-state index contributed by atoms with van der Waals surface area (Å²) in [5, 5.41) is 6.39. The molecule has 2 rings (SSSR count). The van der Waals surface area contributed by atoms with E-state index in [2.05, 4.69) is 10.4 Å². The van der Waals surface area contributed by atoms with Crippen LogP contribution in [0, 0.1) is 23.3 Å². The van der Waals surface area contributed by atoms with Crippen molar-refractivity contribution in [3.05, 3.63) is 35.0 Å². The van der Waals surface area contributed by atoms with Crippen LogP contribution in [0.3, 0.4) is 0 Å². The lowest BCUT2D eigenvalue weighted by Gasteiger charge is -2.11. The molecule has 114 valence electrons. The third-order valence-corrected chi connectivity index (χ3v) is 3.01. The minimum atomic E-state index is -1.53. The van der Waals surface area contributed by atoms with Gasteiger partial charge in [-0.3, -0.25) is 4.68 Å². The van der Waals surface area contributed by atoms with Gasteiger partial charge in [0.2, 0.25) is 0 Å². The van der Waals surface area contributed by atoms with E-state index >= 15 is 0 Å². The minimum absolute atomic E-state index is 0.0225. The maximum atomic E-state index is 13.6. The number of halogens is 4. The number of aromatic nitrogens is 2. The Balaban J connectivity index is 2.54. The van der Waals surface area contributed by atoms with Gasteiger partial charge in [-0.2, -0.15) is 5.10 Å². The van der Waals surface area contributed by atoms with Gasteiger partial charge in [0.1, 0.15) is 5.69 Å². The van der Waals surface area contributed by atoms with E-state index in [9.17, 15) is 17.6 Å². The molecule has 0 aliphatic heterocycles. The minimum Gasteiger partial charge on any atom is -0.394 e. The first kappa shape index (κ1) is 15.1. The number of nitrogen functional groups attached to an aromatic ring is 1. The van der Waals surface area contributed by atoms with Gasteiger partial charge in [-0.1, -0.05) is 13.8 Å². The predicted octanol–water partition coefficient (Wildman–Crippen LogP) is 3.43. The monoisotopic (exact) mass is 302 g/mol. The van der Waals surface area contributed by atoms with Crippen LogP contribution < -0.4 is 11.1 Å². The fourth-order valence-electron chi connectivity index (χ4n) is 1.94. The van der Waals surface area contributed by atoms with Crippen molar-refractivity contribution < 1.29 is 17.6 Å². The second-order valence-electron chi connectivity index (χ2n) is 4.89. The first-order chi connectivity index (χ1) is 9.73. The highest BCUT2D eigenvalue weighted by Gasteiger charge is 2.23. The molecule has 1 aromatic carbocycles. The van der Waals surface area contributed by atoms with Gasteiger partial charge in [0, 0.05) is 13.1 Å². The van der Waals surface area contributed by atoms with Gasteiger partial charge in [-0.15, -0.1) is 0 Å². The molecule has 4 nitrogen and oxygen atoms in total. The van der Waals surface area contributed by atoms with Crippen LogP contribution in [-0.2, 0) is 7.05 Å². The summed E-state index contributed by atoms with van der Waals surface area (Å²) >= 11 is 0. The first-order valence-electron chi connectivity index (χ1n) is 6.16. The number of benzene rings is 1. The molecule has 0 atom stereocenters. The highest BCUT2D eigenvalue weighted by molar-refractivity contribution is 5.72. The van der Waals surface area contributed by atoms with Crippen LogP contribution in [0.5, 0.6) is 0 Å². The highest BCUT2D eigenvalue weighted by atomic mass is 19.2. The number of hydrogen-bond acceptors (Lipinski definition) is 3. The van der Waals surface area contributed by atoms with Gasteiger partial charge in [-0.05, 0) is 5.92 Å². The number of nitrogens with two attached hydrogens (primary N) is 1. The largest absolute Gasteiger partial charge is 0.394 e. The molecule has 0 saturated heterocycles. The molecule has 0 spiro atoms. The third-order valence-electron chi connectivity index (χ3n) is 3.01. The Labute approximate surface area is 118 Å². The standard InChI is InChI=1S/C13H14F4N4/c1-5(2)11-10(18)13(21(3)20-11)19-12-8(16)6(14)4-7(15)9(12)17/h4-5,19H,18H2,1-3H3. The lowest BCUT2D eigenvalue weighted by atomic mass is 10.1. The number of anilines is 3. The average molecular weight is 302 g/mol. The molecule has 0 aliphatic carbocycles. The molecule has 3 N–H and O–H groups in total. The summed E-state index contributed by atoms with van der Waals surface area (Å²) in [5.41, 5.74) is 5.58. The van der Waals surface area contributed by atoms with Crippen LogP contribution >= 0.6 is 0 Å². The van der Waals surface area contributed by atoms with Gasteiger partial charge < -0.3 is 11.1 Å². The van der Waals surface area contributed by atoms with E-state index in [0.717, 1.165) is 0 Å². The van der Waals surface area contributed by atoms with Gasteiger partial charge in [0.15, 0.2) is 29.1 Å². The zero-order valence-electron chi connectivity index (χ0n) is 11.6. The topological polar surface area (TPSA) is 55.9 Å². The summed E-state index contributed by atoms with van der Waals surface area (Å²) < 4.78 is 54.9. The quantitative estimate of drug-likeness (QED) is 0.674.